The molecule has 2 aliphatic carbocycles. The van der Waals surface area contributed by atoms with Gasteiger partial charge in [-0.1, -0.05) is 50.2 Å². The molecule has 5 heterocycles. The number of nitrogens with one attached hydrogen (secondary N) is 15. The minimum atomic E-state index is -1.83. The second-order valence-corrected chi connectivity index (χ2v) is 34.4. The van der Waals surface area contributed by atoms with Crippen molar-refractivity contribution in [3.8, 4) is 28.7 Å². The van der Waals surface area contributed by atoms with Crippen molar-refractivity contribution in [2.45, 2.75) is 164 Å². The standard InChI is InChI=1S/C92H118N22O22/c1-50(2)36-72(83(124)106-70(11-5-27-100-89(94)95)87(128)113-30-6-8-55(113)41-79(120)111-112-90(96)130)107-81(122)69(105-84(125)73(37-51-13-16-56(117)17-14-51)108-86(127)75(46-115)110-85(126)74(39-53-44-102-68-10-4-3-9-59(53)68)109-82(123)71(104-49-116)40-54-45-98-48-103-54)12-7-31-114(97)76-26-21-61-60(20-25-67(76)93)63(61)47-134-91(131)101-29-33-133-35-34-132-32-28-99-80(121)52-15-22-64-62(38-52)88(129)136-92(64)65-23-18-57(118)42-77(65)135-78-43-58(119)19-24-66(78)92/h3-4,9-10,13-19,22-24,38,42-45,48-50,55,60-61,63,69-75,102,115,117-119H,5-8,11-12,20-21,25-37,39-41,46-47,93,97H2,1-2H3,(H,98,103)(H,99,121)(H,101,131)(H,104,116)(H,105,125)(H,106,124)(H,107,122)(H,108,127)(H,109,123)(H,110,126)(H,111,120)(H4,94,95,100)(H3,96,112,130)/b76-67-/t55-,60?,61-,63+,69+,70-,71-,72-,73-,74-,75-/m0/s1. The molecule has 2 fully saturated rings. The molecule has 27 N–H and O–H groups in total. The van der Waals surface area contributed by atoms with Crippen LogP contribution in [0.1, 0.15) is 145 Å². The summed E-state index contributed by atoms with van der Waals surface area (Å²) in [7, 11) is 0. The molecule has 5 aliphatic rings. The summed E-state index contributed by atoms with van der Waals surface area (Å²) in [4.78, 5) is 192. The Morgan fingerprint density at radius 2 is 1.27 bits per heavy atom. The highest BCUT2D eigenvalue weighted by Crippen LogP contribution is 2.58. The van der Waals surface area contributed by atoms with Gasteiger partial charge in [0.1, 0.15) is 71.0 Å². The Labute approximate surface area is 781 Å². The SMILES string of the molecule is CC(C)C[C@H](NC(=O)[C@@H](CCCN(N)/C1=C(\N)CCC2[C@@H](COC(=O)NCCOCCOCCNC(=O)c3ccc4c(c3)C(=O)OC43c4ccc(O)cc4Oc4cc(O)ccc43)[C@H]2CC1)NC(=O)[C@H](Cc1ccc(O)cc1)NC(=O)[C@H](CO)NC(=O)[C@H](Cc1c[nH]c2ccccc12)NC(=O)[C@H](Cc1c[nH]cn1)NC=O)C(=O)N[C@@H](CCCNC(=N)N)C(=O)N1CCC[C@H]1CC(=O)NNC(N)=O. The van der Waals surface area contributed by atoms with Gasteiger partial charge in [0.15, 0.2) is 11.6 Å². The summed E-state index contributed by atoms with van der Waals surface area (Å²) in [6.07, 6.45) is 6.36. The molecule has 12 rings (SSSR count). The van der Waals surface area contributed by atoms with E-state index < -0.39 is 132 Å². The van der Waals surface area contributed by atoms with Gasteiger partial charge in [-0.15, -0.1) is 0 Å². The first-order valence-electron chi connectivity index (χ1n) is 45.1. The summed E-state index contributed by atoms with van der Waals surface area (Å²) >= 11 is 0. The van der Waals surface area contributed by atoms with Crippen LogP contribution in [-0.2, 0) is 87.0 Å². The van der Waals surface area contributed by atoms with Crippen molar-refractivity contribution >= 4 is 94.5 Å². The molecule has 44 nitrogen and oxygen atoms in total. The van der Waals surface area contributed by atoms with E-state index in [0.717, 1.165) is 0 Å². The molecule has 5 aromatic carbocycles. The number of nitrogens with two attached hydrogens (primary N) is 4. The number of urea groups is 1. The maximum Gasteiger partial charge on any atom is 0.407 e. The van der Waals surface area contributed by atoms with Crippen molar-refractivity contribution < 1.29 is 106 Å². The molecule has 11 atom stereocenters. The van der Waals surface area contributed by atoms with Crippen molar-refractivity contribution in [3.05, 3.63) is 178 Å². The van der Waals surface area contributed by atoms with Crippen LogP contribution >= 0.6 is 0 Å². The number of hydrogen-bond donors (Lipinski definition) is 23. The molecule has 728 valence electrons. The number of phenols is 3. The van der Waals surface area contributed by atoms with Crippen LogP contribution in [0.25, 0.3) is 10.9 Å². The summed E-state index contributed by atoms with van der Waals surface area (Å²) in [5, 5.41) is 78.7. The predicted molar refractivity (Wildman–Crippen MR) is 488 cm³/mol. The molecule has 0 radical (unpaired) electrons. The van der Waals surface area contributed by atoms with Crippen LogP contribution in [0, 0.1) is 29.1 Å². The van der Waals surface area contributed by atoms with Crippen LogP contribution in [0.4, 0.5) is 9.59 Å². The number of para-hydroxylation sites is 1. The number of rotatable bonds is 47. The second kappa shape index (κ2) is 47.2. The lowest BCUT2D eigenvalue weighted by Crippen LogP contribution is -2.61. The van der Waals surface area contributed by atoms with E-state index in [0.29, 0.717) is 101 Å². The van der Waals surface area contributed by atoms with Gasteiger partial charge in [0, 0.05) is 134 Å². The van der Waals surface area contributed by atoms with E-state index in [2.05, 4.69) is 73.5 Å². The number of fused-ring (bicyclic) bond motifs is 8. The normalized spacial score (nSPS) is 18.0. The molecule has 0 bridgehead atoms. The smallest absolute Gasteiger partial charge is 0.407 e. The van der Waals surface area contributed by atoms with E-state index in [1.165, 1.54) is 77.0 Å². The minimum Gasteiger partial charge on any atom is -0.508 e. The summed E-state index contributed by atoms with van der Waals surface area (Å²) < 4.78 is 29.2. The quantitative estimate of drug-likeness (QED) is 0.00476. The molecule has 1 saturated carbocycles. The molecular formula is C92H118N22O22. The lowest BCUT2D eigenvalue weighted by atomic mass is 9.77. The molecule has 7 aromatic rings. The van der Waals surface area contributed by atoms with Gasteiger partial charge >= 0.3 is 18.1 Å². The average Bonchev–Trinajstić information content (AvgIpc) is 1.51. The molecule has 13 amide bonds. The summed E-state index contributed by atoms with van der Waals surface area (Å²) in [5.41, 5.74) is 25.1. The molecule has 2 aromatic heterocycles. The van der Waals surface area contributed by atoms with Gasteiger partial charge in [0.05, 0.1) is 57.2 Å². The number of nitrogens with zero attached hydrogens (tertiary/aromatic N) is 3. The molecule has 3 aliphatic heterocycles. The number of primary amides is 1. The summed E-state index contributed by atoms with van der Waals surface area (Å²) in [5.74, 6) is -1.22. The van der Waals surface area contributed by atoms with Crippen LogP contribution in [-0.4, -0.2) is 250 Å². The number of ether oxygens (including phenoxy) is 5. The number of aliphatic hydroxyl groups excluding tert-OH is 1. The van der Waals surface area contributed by atoms with E-state index in [1.807, 2.05) is 5.43 Å². The Kier molecular flexibility index (Phi) is 34.8. The van der Waals surface area contributed by atoms with Crippen molar-refractivity contribution in [1.82, 2.24) is 88.9 Å². The summed E-state index contributed by atoms with van der Waals surface area (Å²) in [6.45, 7) is 3.84. The van der Waals surface area contributed by atoms with E-state index >= 15 is 9.59 Å². The maximum atomic E-state index is 15.4. The number of phenolic OH excluding ortho intramolecular Hbond substituents is 3. The molecule has 136 heavy (non-hydrogen) atoms. The van der Waals surface area contributed by atoms with Crippen LogP contribution in [0.5, 0.6) is 28.7 Å². The minimum absolute atomic E-state index is 0.0149. The monoisotopic (exact) mass is 1880 g/mol. The number of imidazole rings is 1. The molecular weight excluding hydrogens is 1770 g/mol. The number of guanidine groups is 1. The number of aromatic amines is 2. The lowest BCUT2D eigenvalue weighted by Gasteiger charge is -2.36. The number of carbonyl (C=O) groups excluding carboxylic acids is 13. The fourth-order valence-corrected chi connectivity index (χ4v) is 17.7. The Morgan fingerprint density at radius 3 is 1.94 bits per heavy atom. The number of hydrazine groups is 2. The molecule has 1 saturated heterocycles. The second-order valence-electron chi connectivity index (χ2n) is 34.4. The van der Waals surface area contributed by atoms with Gasteiger partial charge in [-0.2, -0.15) is 0 Å². The van der Waals surface area contributed by atoms with Gasteiger partial charge in [-0.05, 0) is 160 Å². The number of amides is 13. The Bertz CT molecular complexity index is 5450. The number of carbonyl (C=O) groups is 13. The van der Waals surface area contributed by atoms with Crippen molar-refractivity contribution in [1.29, 1.82) is 5.41 Å². The number of aliphatic hydroxyl groups is 1. The Hall–Kier alpha value is -14.8. The first-order chi connectivity index (χ1) is 65.4. The van der Waals surface area contributed by atoms with E-state index in [9.17, 15) is 73.2 Å². The van der Waals surface area contributed by atoms with Gasteiger partial charge in [0.2, 0.25) is 53.7 Å². The van der Waals surface area contributed by atoms with Crippen LogP contribution in [0.15, 0.2) is 133 Å². The van der Waals surface area contributed by atoms with Crippen molar-refractivity contribution in [2.75, 3.05) is 72.4 Å². The number of hydrogen-bond acceptors (Lipinski definition) is 27. The first-order valence-corrected chi connectivity index (χ1v) is 45.1. The highest BCUT2D eigenvalue weighted by atomic mass is 16.6. The van der Waals surface area contributed by atoms with E-state index in [4.69, 9.17) is 52.1 Å². The topological polar surface area (TPSA) is 672 Å². The van der Waals surface area contributed by atoms with E-state index in [1.54, 1.807) is 68.6 Å². The molecule has 44 heteroatoms. The number of H-pyrrole nitrogens is 2. The van der Waals surface area contributed by atoms with Crippen molar-refractivity contribution in [2.24, 2.45) is 46.7 Å². The maximum absolute atomic E-state index is 15.4. The first kappa shape index (κ1) is 100. The Balaban J connectivity index is 0.663. The number of benzene rings is 5. The third-order valence-corrected chi connectivity index (χ3v) is 24.5. The van der Waals surface area contributed by atoms with Gasteiger partial charge in [-0.3, -0.25) is 58.8 Å². The van der Waals surface area contributed by atoms with Gasteiger partial charge in [-0.25, -0.2) is 30.6 Å². The fraction of sp³-hybridized carbons (Fsp3) is 0.446. The third kappa shape index (κ3) is 26.4. The van der Waals surface area contributed by atoms with Crippen LogP contribution < -0.4 is 91.8 Å². The van der Waals surface area contributed by atoms with E-state index in [-0.39, 0.29) is 193 Å². The zero-order valence-corrected chi connectivity index (χ0v) is 75.2. The lowest BCUT2D eigenvalue weighted by molar-refractivity contribution is -0.139. The summed E-state index contributed by atoms with van der Waals surface area (Å²) in [6, 6.07) is 14.1. The Morgan fingerprint density at radius 1 is 0.662 bits per heavy atom. The number of aromatic nitrogens is 3. The third-order valence-electron chi connectivity index (χ3n) is 24.5. The van der Waals surface area contributed by atoms with Gasteiger partial charge < -0.3 is 134 Å². The number of alkyl carbamates (subject to hydrolysis) is 1. The zero-order chi connectivity index (χ0) is 97.3. The number of allylic oxidation sites excluding steroid dienone is 2. The van der Waals surface area contributed by atoms with Crippen LogP contribution in [0.2, 0.25) is 0 Å². The molecule has 1 spiro atoms. The largest absolute Gasteiger partial charge is 0.508 e. The van der Waals surface area contributed by atoms with Crippen LogP contribution in [0.3, 0.4) is 0 Å². The van der Waals surface area contributed by atoms with Crippen molar-refractivity contribution in [3.63, 3.8) is 0 Å². The molecule has 1 unspecified atom stereocenters. The highest BCUT2D eigenvalue weighted by molar-refractivity contribution is 6.02. The fourth-order valence-electron chi connectivity index (χ4n) is 17.7. The zero-order valence-electron chi connectivity index (χ0n) is 75.2. The highest BCUT2D eigenvalue weighted by Gasteiger charge is 2.55. The predicted octanol–water partition coefficient (Wildman–Crippen LogP) is 0.761. The number of esters is 1. The number of likely N-dealkylation sites (tertiary alicyclic amines) is 1. The average molecular weight is 1880 g/mol. The number of aromatic hydroxyl groups is 3. The van der Waals surface area contributed by atoms with Gasteiger partial charge in [0.25, 0.3) is 5.91 Å².